The van der Waals surface area contributed by atoms with Gasteiger partial charge in [0.15, 0.2) is 5.96 Å². The number of aliphatic imine (C=N–C) groups is 1. The lowest BCUT2D eigenvalue weighted by atomic mass is 10.1. The molecule has 0 aliphatic rings. The van der Waals surface area contributed by atoms with Crippen molar-refractivity contribution in [2.24, 2.45) is 4.99 Å². The maximum absolute atomic E-state index is 11.1. The minimum absolute atomic E-state index is 0. The summed E-state index contributed by atoms with van der Waals surface area (Å²) >= 11 is 0. The molecule has 1 amide bonds. The molecule has 2 aromatic carbocycles. The quantitative estimate of drug-likeness (QED) is 0.165. The number of carbonyl (C=O) groups excluding carboxylic acids is 1. The van der Waals surface area contributed by atoms with Crippen molar-refractivity contribution in [2.45, 2.75) is 33.2 Å². The fraction of sp³-hybridized carbons (Fsp3) is 0.333. The van der Waals surface area contributed by atoms with Gasteiger partial charge in [0.1, 0.15) is 0 Å². The molecule has 1 heterocycles. The van der Waals surface area contributed by atoms with E-state index in [2.05, 4.69) is 64.0 Å². The molecule has 0 aliphatic carbocycles. The predicted molar refractivity (Wildman–Crippen MR) is 140 cm³/mol. The van der Waals surface area contributed by atoms with Crippen LogP contribution in [0.1, 0.15) is 25.8 Å². The SMILES string of the molecule is CCNC(=NCCCn1ccc2ccccc21)NCCc1ccc(NC(C)=O)cc1.I. The number of amides is 1. The van der Waals surface area contributed by atoms with Crippen LogP contribution in [0.3, 0.4) is 0 Å². The Bertz CT molecular complexity index is 981. The number of aromatic nitrogens is 1. The van der Waals surface area contributed by atoms with E-state index in [1.165, 1.54) is 23.4 Å². The molecule has 0 aliphatic heterocycles. The van der Waals surface area contributed by atoms with Gasteiger partial charge in [-0.1, -0.05) is 30.3 Å². The third-order valence-corrected chi connectivity index (χ3v) is 4.83. The molecule has 3 aromatic rings. The Morgan fingerprint density at radius 2 is 1.81 bits per heavy atom. The second-order valence-corrected chi connectivity index (χ2v) is 7.24. The molecular weight excluding hydrogens is 501 g/mol. The molecule has 166 valence electrons. The molecule has 7 heteroatoms. The average Bonchev–Trinajstić information content (AvgIpc) is 3.15. The maximum Gasteiger partial charge on any atom is 0.221 e. The van der Waals surface area contributed by atoms with E-state index in [1.807, 2.05) is 24.3 Å². The van der Waals surface area contributed by atoms with Crippen LogP contribution in [0, 0.1) is 0 Å². The zero-order valence-corrected chi connectivity index (χ0v) is 20.6. The van der Waals surface area contributed by atoms with Gasteiger partial charge in [0, 0.05) is 50.5 Å². The summed E-state index contributed by atoms with van der Waals surface area (Å²) in [5, 5.41) is 10.8. The van der Waals surface area contributed by atoms with Crippen LogP contribution in [0.4, 0.5) is 5.69 Å². The summed E-state index contributed by atoms with van der Waals surface area (Å²) in [6.45, 7) is 6.95. The zero-order valence-electron chi connectivity index (χ0n) is 18.2. The highest BCUT2D eigenvalue weighted by atomic mass is 127. The largest absolute Gasteiger partial charge is 0.357 e. The van der Waals surface area contributed by atoms with Crippen molar-refractivity contribution in [3.63, 3.8) is 0 Å². The smallest absolute Gasteiger partial charge is 0.221 e. The Kier molecular flexibility index (Phi) is 10.4. The number of hydrogen-bond donors (Lipinski definition) is 3. The molecule has 0 fully saturated rings. The van der Waals surface area contributed by atoms with Gasteiger partial charge in [-0.25, -0.2) is 0 Å². The molecule has 0 saturated carbocycles. The van der Waals surface area contributed by atoms with Crippen LogP contribution in [0.25, 0.3) is 10.9 Å². The standard InChI is InChI=1S/C24H31N5O.HI/c1-3-25-24(27-16-13-20-9-11-22(12-10-20)28-19(2)30)26-15-6-17-29-18-14-21-7-4-5-8-23(21)29;/h4-5,7-12,14,18H,3,6,13,15-17H2,1-2H3,(H,28,30)(H2,25,26,27);1H. The number of benzene rings is 2. The van der Waals surface area contributed by atoms with Gasteiger partial charge < -0.3 is 20.5 Å². The van der Waals surface area contributed by atoms with Crippen molar-refractivity contribution in [3.05, 3.63) is 66.4 Å². The highest BCUT2D eigenvalue weighted by Gasteiger charge is 2.01. The number of fused-ring (bicyclic) bond motifs is 1. The van der Waals surface area contributed by atoms with E-state index in [1.54, 1.807) is 0 Å². The number of carbonyl (C=O) groups is 1. The molecule has 1 aromatic heterocycles. The van der Waals surface area contributed by atoms with E-state index in [0.717, 1.165) is 50.7 Å². The van der Waals surface area contributed by atoms with Gasteiger partial charge in [-0.2, -0.15) is 0 Å². The fourth-order valence-corrected chi connectivity index (χ4v) is 3.39. The highest BCUT2D eigenvalue weighted by molar-refractivity contribution is 14.0. The van der Waals surface area contributed by atoms with Crippen LogP contribution >= 0.6 is 24.0 Å². The summed E-state index contributed by atoms with van der Waals surface area (Å²) in [6, 6.07) is 18.6. The summed E-state index contributed by atoms with van der Waals surface area (Å²) in [4.78, 5) is 15.8. The third-order valence-electron chi connectivity index (χ3n) is 4.83. The lowest BCUT2D eigenvalue weighted by Gasteiger charge is -2.12. The number of nitrogens with one attached hydrogen (secondary N) is 3. The Labute approximate surface area is 201 Å². The topological polar surface area (TPSA) is 70.5 Å². The molecule has 0 radical (unpaired) electrons. The summed E-state index contributed by atoms with van der Waals surface area (Å²) in [5.74, 6) is 0.797. The van der Waals surface area contributed by atoms with Gasteiger partial charge in [0.25, 0.3) is 0 Å². The van der Waals surface area contributed by atoms with E-state index in [9.17, 15) is 4.79 Å². The third kappa shape index (κ3) is 7.90. The summed E-state index contributed by atoms with van der Waals surface area (Å²) < 4.78 is 2.29. The van der Waals surface area contributed by atoms with E-state index in [-0.39, 0.29) is 29.9 Å². The number of aryl methyl sites for hydroxylation is 1. The first-order valence-electron chi connectivity index (χ1n) is 10.6. The molecule has 3 N–H and O–H groups in total. The second-order valence-electron chi connectivity index (χ2n) is 7.24. The molecule has 0 bridgehead atoms. The fourth-order valence-electron chi connectivity index (χ4n) is 3.39. The van der Waals surface area contributed by atoms with Crippen molar-refractivity contribution in [1.82, 2.24) is 15.2 Å². The number of hydrogen-bond acceptors (Lipinski definition) is 2. The molecule has 0 atom stereocenters. The first-order valence-corrected chi connectivity index (χ1v) is 10.6. The van der Waals surface area contributed by atoms with Gasteiger partial charge in [-0.05, 0) is 55.0 Å². The second kappa shape index (κ2) is 13.0. The molecule has 31 heavy (non-hydrogen) atoms. The summed E-state index contributed by atoms with van der Waals surface area (Å²) in [6.07, 6.45) is 4.02. The van der Waals surface area contributed by atoms with Crippen LogP contribution in [0.2, 0.25) is 0 Å². The predicted octanol–water partition coefficient (Wildman–Crippen LogP) is 4.41. The van der Waals surface area contributed by atoms with Gasteiger partial charge >= 0.3 is 0 Å². The normalized spacial score (nSPS) is 11.1. The number of halogens is 1. The monoisotopic (exact) mass is 533 g/mol. The van der Waals surface area contributed by atoms with E-state index >= 15 is 0 Å². The van der Waals surface area contributed by atoms with Crippen molar-refractivity contribution >= 4 is 52.4 Å². The number of rotatable bonds is 9. The molecule has 0 saturated heterocycles. The van der Waals surface area contributed by atoms with Gasteiger partial charge in [-0.3, -0.25) is 9.79 Å². The molecule has 0 spiro atoms. The van der Waals surface area contributed by atoms with Crippen LogP contribution < -0.4 is 16.0 Å². The Balaban J connectivity index is 0.00000341. The molecular formula is C24H32IN5O. The lowest BCUT2D eigenvalue weighted by Crippen LogP contribution is -2.38. The minimum atomic E-state index is -0.0547. The lowest BCUT2D eigenvalue weighted by molar-refractivity contribution is -0.114. The van der Waals surface area contributed by atoms with Crippen molar-refractivity contribution < 1.29 is 4.79 Å². The van der Waals surface area contributed by atoms with Crippen LogP contribution in [-0.2, 0) is 17.8 Å². The van der Waals surface area contributed by atoms with Crippen LogP contribution in [0.15, 0.2) is 65.8 Å². The van der Waals surface area contributed by atoms with Gasteiger partial charge in [0.05, 0.1) is 0 Å². The first-order chi connectivity index (χ1) is 14.7. The van der Waals surface area contributed by atoms with Crippen LogP contribution in [0.5, 0.6) is 0 Å². The summed E-state index contributed by atoms with van der Waals surface area (Å²) in [5.41, 5.74) is 3.31. The Morgan fingerprint density at radius 1 is 1.03 bits per heavy atom. The number of nitrogens with zero attached hydrogens (tertiary/aromatic N) is 2. The number of guanidine groups is 1. The molecule has 6 nitrogen and oxygen atoms in total. The zero-order chi connectivity index (χ0) is 21.2. The maximum atomic E-state index is 11.1. The van der Waals surface area contributed by atoms with E-state index in [0.29, 0.717) is 0 Å². The van der Waals surface area contributed by atoms with E-state index < -0.39 is 0 Å². The molecule has 3 rings (SSSR count). The number of anilines is 1. The first kappa shape index (κ1) is 24.7. The Hall–Kier alpha value is -2.55. The van der Waals surface area contributed by atoms with Gasteiger partial charge in [-0.15, -0.1) is 24.0 Å². The van der Waals surface area contributed by atoms with Crippen molar-refractivity contribution in [2.75, 3.05) is 25.0 Å². The average molecular weight is 533 g/mol. The summed E-state index contributed by atoms with van der Waals surface area (Å²) in [7, 11) is 0. The van der Waals surface area contributed by atoms with Crippen LogP contribution in [-0.4, -0.2) is 36.1 Å². The Morgan fingerprint density at radius 3 is 2.55 bits per heavy atom. The highest BCUT2D eigenvalue weighted by Crippen LogP contribution is 2.15. The minimum Gasteiger partial charge on any atom is -0.357 e. The molecule has 0 unspecified atom stereocenters. The number of para-hydroxylation sites is 1. The van der Waals surface area contributed by atoms with Crippen molar-refractivity contribution in [1.29, 1.82) is 0 Å². The van der Waals surface area contributed by atoms with Gasteiger partial charge in [0.2, 0.25) is 5.91 Å². The van der Waals surface area contributed by atoms with Crippen molar-refractivity contribution in [3.8, 4) is 0 Å². The van der Waals surface area contributed by atoms with E-state index in [4.69, 9.17) is 4.99 Å².